The summed E-state index contributed by atoms with van der Waals surface area (Å²) in [5, 5.41) is 0. The first-order valence-corrected chi connectivity index (χ1v) is 6.71. The molecule has 0 saturated carbocycles. The average Bonchev–Trinajstić information content (AvgIpc) is 3.02. The minimum atomic E-state index is -0.233. The Balaban J connectivity index is 1.95. The van der Waals surface area contributed by atoms with E-state index in [1.807, 2.05) is 18.3 Å². The van der Waals surface area contributed by atoms with Gasteiger partial charge in [-0.2, -0.15) is 0 Å². The monoisotopic (exact) mass is 265 g/mol. The van der Waals surface area contributed by atoms with E-state index >= 15 is 0 Å². The molecule has 2 aliphatic heterocycles. The lowest BCUT2D eigenvalue weighted by atomic mass is 9.77. The fourth-order valence-corrected chi connectivity index (χ4v) is 3.17. The van der Waals surface area contributed by atoms with Crippen LogP contribution in [0.3, 0.4) is 0 Å². The molecule has 0 bridgehead atoms. The normalized spacial score (nSPS) is 21.7. The lowest BCUT2D eigenvalue weighted by molar-refractivity contribution is 0.326. The van der Waals surface area contributed by atoms with Gasteiger partial charge in [0.15, 0.2) is 0 Å². The van der Waals surface area contributed by atoms with Gasteiger partial charge in [-0.15, -0.1) is 0 Å². The molecule has 20 heavy (non-hydrogen) atoms. The van der Waals surface area contributed by atoms with Gasteiger partial charge in [-0.25, -0.2) is 0 Å². The number of para-hydroxylation sites is 1. The Morgan fingerprint density at radius 2 is 2.05 bits per heavy atom. The van der Waals surface area contributed by atoms with Crippen molar-refractivity contribution in [3.63, 3.8) is 0 Å². The zero-order valence-electron chi connectivity index (χ0n) is 11.5. The Morgan fingerprint density at radius 3 is 2.90 bits per heavy atom. The van der Waals surface area contributed by atoms with Crippen molar-refractivity contribution in [1.82, 2.24) is 0 Å². The van der Waals surface area contributed by atoms with Crippen LogP contribution in [-0.2, 0) is 5.41 Å². The van der Waals surface area contributed by atoms with Crippen molar-refractivity contribution in [3.8, 4) is 11.5 Å². The molecule has 0 amide bonds. The van der Waals surface area contributed by atoms with Crippen LogP contribution in [0, 0.1) is 6.92 Å². The zero-order chi connectivity index (χ0) is 13.7. The topological polar surface area (TPSA) is 30.8 Å². The van der Waals surface area contributed by atoms with Crippen molar-refractivity contribution in [2.75, 3.05) is 13.7 Å². The molecule has 1 spiro atoms. The van der Waals surface area contributed by atoms with Crippen LogP contribution < -0.4 is 9.47 Å². The molecule has 0 saturated heterocycles. The van der Waals surface area contributed by atoms with Crippen LogP contribution in [0.15, 0.2) is 41.4 Å². The van der Waals surface area contributed by atoms with Gasteiger partial charge in [-0.05, 0) is 30.2 Å². The number of rotatable bonds is 1. The highest BCUT2D eigenvalue weighted by Gasteiger charge is 2.45. The highest BCUT2D eigenvalue weighted by Crippen LogP contribution is 2.50. The van der Waals surface area contributed by atoms with Gasteiger partial charge in [-0.1, -0.05) is 18.2 Å². The van der Waals surface area contributed by atoms with Crippen molar-refractivity contribution >= 4 is 11.9 Å². The van der Waals surface area contributed by atoms with Crippen LogP contribution >= 0.6 is 0 Å². The van der Waals surface area contributed by atoms with Gasteiger partial charge in [0.05, 0.1) is 18.2 Å². The molecule has 0 aromatic heterocycles. The molecule has 4 rings (SSSR count). The third-order valence-corrected chi connectivity index (χ3v) is 4.24. The maximum atomic E-state index is 5.92. The quantitative estimate of drug-likeness (QED) is 0.791. The molecule has 0 aliphatic carbocycles. The second kappa shape index (κ2) is 3.85. The number of hydrogen-bond acceptors (Lipinski definition) is 3. The molecule has 2 heterocycles. The van der Waals surface area contributed by atoms with Gasteiger partial charge in [0.2, 0.25) is 0 Å². The average molecular weight is 265 g/mol. The SMILES string of the molecule is COc1cc2c(cc1C)[C@]1(C=Nc3ccccc31)CO2. The molecule has 0 fully saturated rings. The van der Waals surface area contributed by atoms with Crippen LogP contribution in [0.1, 0.15) is 16.7 Å². The van der Waals surface area contributed by atoms with E-state index in [4.69, 9.17) is 9.47 Å². The van der Waals surface area contributed by atoms with Gasteiger partial charge in [0, 0.05) is 17.8 Å². The zero-order valence-corrected chi connectivity index (χ0v) is 11.5. The number of aliphatic imine (C=N–C) groups is 1. The molecule has 0 N–H and O–H groups in total. The summed E-state index contributed by atoms with van der Waals surface area (Å²) < 4.78 is 11.3. The Labute approximate surface area is 117 Å². The highest BCUT2D eigenvalue weighted by molar-refractivity contribution is 5.91. The standard InChI is InChI=1S/C17H15NO2/c1-11-7-13-16(8-15(11)19-2)20-10-17(13)9-18-14-6-4-3-5-12(14)17/h3-9H,10H2,1-2H3/t17-/m1/s1. The Kier molecular flexibility index (Phi) is 2.22. The predicted octanol–water partition coefficient (Wildman–Crippen LogP) is 3.40. The van der Waals surface area contributed by atoms with E-state index in [1.165, 1.54) is 11.1 Å². The first-order chi connectivity index (χ1) is 9.74. The van der Waals surface area contributed by atoms with Crippen molar-refractivity contribution < 1.29 is 9.47 Å². The number of methoxy groups -OCH3 is 1. The number of fused-ring (bicyclic) bond motifs is 4. The molecule has 0 radical (unpaired) electrons. The largest absolute Gasteiger partial charge is 0.496 e. The van der Waals surface area contributed by atoms with E-state index in [-0.39, 0.29) is 5.41 Å². The van der Waals surface area contributed by atoms with Gasteiger partial charge in [0.1, 0.15) is 18.1 Å². The number of ether oxygens (including phenoxy) is 2. The summed E-state index contributed by atoms with van der Waals surface area (Å²) in [5.41, 5.74) is 4.34. The summed E-state index contributed by atoms with van der Waals surface area (Å²) in [6.45, 7) is 2.67. The highest BCUT2D eigenvalue weighted by atomic mass is 16.5. The van der Waals surface area contributed by atoms with Crippen molar-refractivity contribution in [2.45, 2.75) is 12.3 Å². The summed E-state index contributed by atoms with van der Waals surface area (Å²) >= 11 is 0. The second-order valence-electron chi connectivity index (χ2n) is 5.35. The van der Waals surface area contributed by atoms with Crippen molar-refractivity contribution in [1.29, 1.82) is 0 Å². The lowest BCUT2D eigenvalue weighted by Gasteiger charge is -2.21. The van der Waals surface area contributed by atoms with Gasteiger partial charge >= 0.3 is 0 Å². The summed E-state index contributed by atoms with van der Waals surface area (Å²) in [6, 6.07) is 12.4. The van der Waals surface area contributed by atoms with E-state index < -0.39 is 0 Å². The van der Waals surface area contributed by atoms with Crippen molar-refractivity contribution in [2.24, 2.45) is 4.99 Å². The molecule has 2 aromatic carbocycles. The molecular weight excluding hydrogens is 250 g/mol. The molecule has 2 aromatic rings. The predicted molar refractivity (Wildman–Crippen MR) is 78.6 cm³/mol. The molecule has 100 valence electrons. The first kappa shape index (κ1) is 11.5. The van der Waals surface area contributed by atoms with Crippen LogP contribution in [0.4, 0.5) is 5.69 Å². The summed E-state index contributed by atoms with van der Waals surface area (Å²) in [7, 11) is 1.69. The third-order valence-electron chi connectivity index (χ3n) is 4.24. The van der Waals surface area contributed by atoms with Crippen LogP contribution in [0.5, 0.6) is 11.5 Å². The molecule has 1 atom stereocenters. The molecular formula is C17H15NO2. The van der Waals surface area contributed by atoms with Gasteiger partial charge in [-0.3, -0.25) is 4.99 Å². The smallest absolute Gasteiger partial charge is 0.127 e. The molecule has 2 aliphatic rings. The molecule has 3 nitrogen and oxygen atoms in total. The molecule has 0 unspecified atom stereocenters. The summed E-state index contributed by atoms with van der Waals surface area (Å²) in [4.78, 5) is 4.57. The van der Waals surface area contributed by atoms with Crippen LogP contribution in [0.25, 0.3) is 0 Å². The lowest BCUT2D eigenvalue weighted by Crippen LogP contribution is -2.28. The van der Waals surface area contributed by atoms with E-state index in [1.54, 1.807) is 7.11 Å². The first-order valence-electron chi connectivity index (χ1n) is 6.71. The van der Waals surface area contributed by atoms with E-state index in [0.29, 0.717) is 6.61 Å². The fourth-order valence-electron chi connectivity index (χ4n) is 3.17. The summed E-state index contributed by atoms with van der Waals surface area (Å²) in [6.07, 6.45) is 2.02. The van der Waals surface area contributed by atoms with E-state index in [0.717, 1.165) is 22.7 Å². The Hall–Kier alpha value is -2.29. The van der Waals surface area contributed by atoms with E-state index in [2.05, 4.69) is 36.2 Å². The second-order valence-corrected chi connectivity index (χ2v) is 5.35. The maximum absolute atomic E-state index is 5.92. The number of aryl methyl sites for hydroxylation is 1. The van der Waals surface area contributed by atoms with Gasteiger partial charge < -0.3 is 9.47 Å². The number of nitrogens with zero attached hydrogens (tertiary/aromatic N) is 1. The minimum absolute atomic E-state index is 0.233. The van der Waals surface area contributed by atoms with Crippen LogP contribution in [-0.4, -0.2) is 19.9 Å². The van der Waals surface area contributed by atoms with E-state index in [9.17, 15) is 0 Å². The third kappa shape index (κ3) is 1.32. The van der Waals surface area contributed by atoms with Gasteiger partial charge in [0.25, 0.3) is 0 Å². The van der Waals surface area contributed by atoms with Crippen molar-refractivity contribution in [3.05, 3.63) is 53.1 Å². The summed E-state index contributed by atoms with van der Waals surface area (Å²) in [5.74, 6) is 1.76. The fraction of sp³-hybridized carbons (Fsp3) is 0.235. The molecule has 3 heteroatoms. The number of hydrogen-bond donors (Lipinski definition) is 0. The minimum Gasteiger partial charge on any atom is -0.496 e. The Morgan fingerprint density at radius 1 is 1.20 bits per heavy atom. The Bertz CT molecular complexity index is 736. The van der Waals surface area contributed by atoms with Crippen LogP contribution in [0.2, 0.25) is 0 Å². The number of benzene rings is 2. The maximum Gasteiger partial charge on any atom is 0.127 e.